The van der Waals surface area contributed by atoms with Crippen molar-refractivity contribution in [3.63, 3.8) is 0 Å². The molecule has 6 nitrogen and oxygen atoms in total. The number of nitrogens with two attached hydrogens (primary N) is 1. The molecule has 0 aliphatic carbocycles. The molecule has 0 unspecified atom stereocenters. The zero-order valence-electron chi connectivity index (χ0n) is 12.8. The molecule has 0 saturated heterocycles. The molecule has 0 saturated carbocycles. The largest absolute Gasteiger partial charge is 0.496 e. The second-order valence-corrected chi connectivity index (χ2v) is 5.24. The molecule has 24 heavy (non-hydrogen) atoms. The molecule has 1 aromatic heterocycles. The Labute approximate surface area is 136 Å². The van der Waals surface area contributed by atoms with Crippen molar-refractivity contribution in [2.45, 2.75) is 6.42 Å². The van der Waals surface area contributed by atoms with Gasteiger partial charge in [-0.15, -0.1) is 0 Å². The first kappa shape index (κ1) is 15.7. The maximum Gasteiger partial charge on any atom is 0.272 e. The highest BCUT2D eigenvalue weighted by Gasteiger charge is 2.14. The van der Waals surface area contributed by atoms with Crippen LogP contribution in [0.4, 0.5) is 4.39 Å². The minimum absolute atomic E-state index is 0.187. The lowest BCUT2D eigenvalue weighted by molar-refractivity contribution is 0.0996. The van der Waals surface area contributed by atoms with Crippen LogP contribution in [0.5, 0.6) is 5.75 Å². The van der Waals surface area contributed by atoms with Crippen LogP contribution in [0.1, 0.15) is 21.6 Å². The highest BCUT2D eigenvalue weighted by atomic mass is 19.1. The number of primary amides is 1. The zero-order chi connectivity index (χ0) is 17.3. The number of benzene rings is 2. The number of methoxy groups -OCH3 is 1. The lowest BCUT2D eigenvalue weighted by atomic mass is 10.0. The summed E-state index contributed by atoms with van der Waals surface area (Å²) >= 11 is 0. The van der Waals surface area contributed by atoms with Gasteiger partial charge in [0.05, 0.1) is 29.1 Å². The third-order valence-electron chi connectivity index (χ3n) is 3.74. The number of ether oxygens (including phenoxy) is 1. The molecule has 3 rings (SSSR count). The van der Waals surface area contributed by atoms with E-state index in [1.54, 1.807) is 18.2 Å². The first-order valence-corrected chi connectivity index (χ1v) is 7.13. The lowest BCUT2D eigenvalue weighted by Gasteiger charge is -2.10. The van der Waals surface area contributed by atoms with Crippen LogP contribution in [0.25, 0.3) is 10.8 Å². The molecule has 3 aromatic rings. The van der Waals surface area contributed by atoms with Crippen LogP contribution in [0.15, 0.2) is 41.2 Å². The number of carbonyl (C=O) groups excluding carboxylic acids is 1. The first-order chi connectivity index (χ1) is 11.5. The number of hydrogen-bond acceptors (Lipinski definition) is 4. The Hall–Kier alpha value is -3.22. The Balaban J connectivity index is 2.15. The van der Waals surface area contributed by atoms with Crippen LogP contribution in [0.2, 0.25) is 0 Å². The van der Waals surface area contributed by atoms with E-state index in [1.807, 2.05) is 0 Å². The van der Waals surface area contributed by atoms with E-state index in [4.69, 9.17) is 10.5 Å². The van der Waals surface area contributed by atoms with E-state index in [0.717, 1.165) is 0 Å². The van der Waals surface area contributed by atoms with Gasteiger partial charge in [0.25, 0.3) is 11.5 Å². The summed E-state index contributed by atoms with van der Waals surface area (Å²) < 4.78 is 18.9. The average molecular weight is 327 g/mol. The van der Waals surface area contributed by atoms with Gasteiger partial charge in [0.15, 0.2) is 0 Å². The summed E-state index contributed by atoms with van der Waals surface area (Å²) in [4.78, 5) is 23.2. The van der Waals surface area contributed by atoms with E-state index in [2.05, 4.69) is 10.2 Å². The summed E-state index contributed by atoms with van der Waals surface area (Å²) in [5.41, 5.74) is 5.84. The van der Waals surface area contributed by atoms with Crippen LogP contribution in [-0.2, 0) is 6.42 Å². The topological polar surface area (TPSA) is 98.1 Å². The van der Waals surface area contributed by atoms with E-state index in [9.17, 15) is 14.0 Å². The monoisotopic (exact) mass is 327 g/mol. The van der Waals surface area contributed by atoms with Crippen LogP contribution < -0.4 is 16.0 Å². The molecular formula is C17H14FN3O3. The summed E-state index contributed by atoms with van der Waals surface area (Å²) in [6.45, 7) is 0. The second kappa shape index (κ2) is 6.11. The maximum absolute atomic E-state index is 13.6. The van der Waals surface area contributed by atoms with Gasteiger partial charge in [-0.1, -0.05) is 12.1 Å². The van der Waals surface area contributed by atoms with E-state index in [0.29, 0.717) is 27.8 Å². The zero-order valence-corrected chi connectivity index (χ0v) is 12.8. The maximum atomic E-state index is 13.6. The minimum atomic E-state index is -0.841. The number of halogens is 1. The van der Waals surface area contributed by atoms with Gasteiger partial charge in [-0.2, -0.15) is 5.10 Å². The number of aromatic amines is 1. The number of amides is 1. The molecule has 0 fully saturated rings. The fourth-order valence-electron chi connectivity index (χ4n) is 2.61. The highest BCUT2D eigenvalue weighted by Crippen LogP contribution is 2.27. The van der Waals surface area contributed by atoms with E-state index in [-0.39, 0.29) is 17.5 Å². The molecule has 0 aliphatic rings. The van der Waals surface area contributed by atoms with Crippen molar-refractivity contribution >= 4 is 16.7 Å². The van der Waals surface area contributed by atoms with Crippen molar-refractivity contribution in [1.29, 1.82) is 0 Å². The van der Waals surface area contributed by atoms with Crippen LogP contribution >= 0.6 is 0 Å². The Morgan fingerprint density at radius 3 is 2.83 bits per heavy atom. The number of nitrogens with one attached hydrogen (secondary N) is 1. The average Bonchev–Trinajstić information content (AvgIpc) is 2.58. The fourth-order valence-corrected chi connectivity index (χ4v) is 2.61. The number of rotatable bonds is 4. The van der Waals surface area contributed by atoms with Crippen molar-refractivity contribution in [3.8, 4) is 5.75 Å². The fraction of sp³-hybridized carbons (Fsp3) is 0.118. The number of fused-ring (bicyclic) bond motifs is 1. The number of aromatic nitrogens is 2. The van der Waals surface area contributed by atoms with E-state index in [1.165, 1.54) is 25.3 Å². The molecule has 0 aliphatic heterocycles. The number of H-pyrrole nitrogens is 1. The molecule has 0 bridgehead atoms. The van der Waals surface area contributed by atoms with Gasteiger partial charge in [-0.3, -0.25) is 9.59 Å². The molecule has 1 amide bonds. The van der Waals surface area contributed by atoms with Gasteiger partial charge in [-0.25, -0.2) is 9.49 Å². The van der Waals surface area contributed by atoms with Crippen molar-refractivity contribution in [3.05, 3.63) is 69.4 Å². The van der Waals surface area contributed by atoms with Crippen molar-refractivity contribution in [1.82, 2.24) is 10.2 Å². The van der Waals surface area contributed by atoms with Gasteiger partial charge in [0, 0.05) is 6.42 Å². The number of carbonyl (C=O) groups is 1. The molecule has 0 radical (unpaired) electrons. The molecule has 1 heterocycles. The quantitative estimate of drug-likeness (QED) is 0.763. The predicted molar refractivity (Wildman–Crippen MR) is 86.6 cm³/mol. The predicted octanol–water partition coefficient (Wildman–Crippen LogP) is 1.76. The Morgan fingerprint density at radius 1 is 1.33 bits per heavy atom. The van der Waals surface area contributed by atoms with Crippen molar-refractivity contribution in [2.75, 3.05) is 7.11 Å². The van der Waals surface area contributed by atoms with Gasteiger partial charge in [0.1, 0.15) is 11.6 Å². The molecule has 122 valence electrons. The normalized spacial score (nSPS) is 10.8. The minimum Gasteiger partial charge on any atom is -0.496 e. The second-order valence-electron chi connectivity index (χ2n) is 5.24. The van der Waals surface area contributed by atoms with Gasteiger partial charge < -0.3 is 10.5 Å². The number of nitrogens with zero attached hydrogens (tertiary/aromatic N) is 1. The molecule has 7 heteroatoms. The summed E-state index contributed by atoms with van der Waals surface area (Å²) in [5, 5.41) is 7.54. The van der Waals surface area contributed by atoms with Crippen LogP contribution in [-0.4, -0.2) is 23.2 Å². The van der Waals surface area contributed by atoms with Gasteiger partial charge in [0.2, 0.25) is 0 Å². The molecule has 3 N–H and O–H groups in total. The summed E-state index contributed by atoms with van der Waals surface area (Å²) in [7, 11) is 1.50. The van der Waals surface area contributed by atoms with Crippen molar-refractivity contribution in [2.24, 2.45) is 5.73 Å². The Kier molecular flexibility index (Phi) is 3.99. The molecular weight excluding hydrogens is 313 g/mol. The summed E-state index contributed by atoms with van der Waals surface area (Å²) in [6, 6.07) is 9.21. The lowest BCUT2D eigenvalue weighted by Crippen LogP contribution is -2.14. The highest BCUT2D eigenvalue weighted by molar-refractivity contribution is 5.93. The molecule has 0 spiro atoms. The summed E-state index contributed by atoms with van der Waals surface area (Å²) in [6.07, 6.45) is 0.272. The van der Waals surface area contributed by atoms with Gasteiger partial charge >= 0.3 is 0 Å². The van der Waals surface area contributed by atoms with Crippen LogP contribution in [0.3, 0.4) is 0 Å². The Bertz CT molecular complexity index is 998. The molecule has 0 atom stereocenters. The number of hydrogen-bond donors (Lipinski definition) is 2. The van der Waals surface area contributed by atoms with E-state index >= 15 is 0 Å². The standard InChI is InChI=1S/C17H14FN3O3/c1-24-14-4-2-3-10-15(14)13(20-21-17(10)23)8-9-5-6-12(18)11(7-9)16(19)22/h2-7H,8H2,1H3,(H2,19,22)(H,21,23). The third kappa shape index (κ3) is 2.71. The summed E-state index contributed by atoms with van der Waals surface area (Å²) in [5.74, 6) is -1.01. The Morgan fingerprint density at radius 2 is 2.12 bits per heavy atom. The van der Waals surface area contributed by atoms with E-state index < -0.39 is 11.7 Å². The smallest absolute Gasteiger partial charge is 0.272 e. The van der Waals surface area contributed by atoms with Crippen LogP contribution in [0, 0.1) is 5.82 Å². The molecule has 2 aromatic carbocycles. The SMILES string of the molecule is COc1cccc2c(=O)[nH]nc(Cc3ccc(F)c(C(N)=O)c3)c12. The van der Waals surface area contributed by atoms with Gasteiger partial charge in [-0.05, 0) is 29.8 Å². The van der Waals surface area contributed by atoms with Crippen molar-refractivity contribution < 1.29 is 13.9 Å². The third-order valence-corrected chi connectivity index (χ3v) is 3.74. The first-order valence-electron chi connectivity index (χ1n) is 7.13.